The number of hydrogen-bond donors (Lipinski definition) is 0. The summed E-state index contributed by atoms with van der Waals surface area (Å²) in [5.41, 5.74) is 16.0. The molecule has 2 heteroatoms. The molecular weight excluding hydrogens is 717 g/mol. The maximum Gasteiger partial charge on any atom is 0.139 e. The monoisotopic (exact) mass is 752 g/mol. The summed E-state index contributed by atoms with van der Waals surface area (Å²) in [6, 6.07) is 66.7. The van der Waals surface area contributed by atoms with E-state index in [1.807, 2.05) is 18.2 Å². The lowest BCUT2D eigenvalue weighted by Gasteiger charge is -2.23. The molecule has 0 radical (unpaired) electrons. The first-order chi connectivity index (χ1) is 29.0. The van der Waals surface area contributed by atoms with E-state index < -0.39 is 0 Å². The Morgan fingerprint density at radius 3 is 1.63 bits per heavy atom. The average molecular weight is 753 g/mol. The average Bonchev–Trinajstić information content (AvgIpc) is 3.90. The third-order valence-electron chi connectivity index (χ3n) is 13.3. The van der Waals surface area contributed by atoms with Crippen LogP contribution in [0.2, 0.25) is 0 Å². The van der Waals surface area contributed by atoms with Gasteiger partial charge in [0.15, 0.2) is 0 Å². The molecule has 0 bridgehead atoms. The Kier molecular flexibility index (Phi) is 6.54. The SMILES string of the molecule is CC1(C)c2ccc(-c3ccc4c(c3)oc3cc5oc6ccccc6c5cc34)cc2-c2ccc(-c3c4ccccc4c(-c4cccc5ccccc45)c4ccccc34)cc21. The molecule has 0 unspecified atom stereocenters. The molecule has 0 amide bonds. The van der Waals surface area contributed by atoms with Gasteiger partial charge in [-0.25, -0.2) is 0 Å². The highest BCUT2D eigenvalue weighted by Crippen LogP contribution is 2.52. The minimum absolute atomic E-state index is 0.169. The van der Waals surface area contributed by atoms with Gasteiger partial charge in [0.1, 0.15) is 22.3 Å². The Labute approximate surface area is 340 Å². The van der Waals surface area contributed by atoms with Crippen LogP contribution in [0.4, 0.5) is 0 Å². The Hall–Kier alpha value is -7.42. The molecule has 1 aliphatic carbocycles. The number of benzene rings is 10. The van der Waals surface area contributed by atoms with Crippen LogP contribution in [0.1, 0.15) is 25.0 Å². The highest BCUT2D eigenvalue weighted by molar-refractivity contribution is 6.23. The molecule has 10 aromatic carbocycles. The number of rotatable bonds is 3. The first-order valence-electron chi connectivity index (χ1n) is 20.5. The second-order valence-corrected chi connectivity index (χ2v) is 16.8. The van der Waals surface area contributed by atoms with E-state index in [4.69, 9.17) is 8.83 Å². The van der Waals surface area contributed by atoms with Crippen molar-refractivity contribution < 1.29 is 8.83 Å². The van der Waals surface area contributed by atoms with E-state index in [0.717, 1.165) is 49.4 Å². The van der Waals surface area contributed by atoms with Crippen LogP contribution in [-0.4, -0.2) is 0 Å². The van der Waals surface area contributed by atoms with Gasteiger partial charge >= 0.3 is 0 Å². The molecule has 0 atom stereocenters. The van der Waals surface area contributed by atoms with Crippen LogP contribution in [0.3, 0.4) is 0 Å². The molecule has 12 aromatic rings. The van der Waals surface area contributed by atoms with Gasteiger partial charge in [0.05, 0.1) is 0 Å². The van der Waals surface area contributed by atoms with Crippen LogP contribution in [0.15, 0.2) is 191 Å². The second-order valence-electron chi connectivity index (χ2n) is 16.8. The molecule has 13 rings (SSSR count). The molecule has 0 spiro atoms. The smallest absolute Gasteiger partial charge is 0.139 e. The summed E-state index contributed by atoms with van der Waals surface area (Å²) in [6.07, 6.45) is 0. The van der Waals surface area contributed by atoms with Crippen LogP contribution < -0.4 is 0 Å². The molecule has 0 fully saturated rings. The number of para-hydroxylation sites is 1. The Balaban J connectivity index is 0.944. The minimum atomic E-state index is -0.169. The topological polar surface area (TPSA) is 26.3 Å². The van der Waals surface area contributed by atoms with Gasteiger partial charge in [0.2, 0.25) is 0 Å². The van der Waals surface area contributed by atoms with Crippen molar-refractivity contribution in [2.45, 2.75) is 19.3 Å². The third kappa shape index (κ3) is 4.57. The summed E-state index contributed by atoms with van der Waals surface area (Å²) < 4.78 is 12.7. The van der Waals surface area contributed by atoms with Gasteiger partial charge in [0, 0.05) is 33.0 Å². The summed E-state index contributed by atoms with van der Waals surface area (Å²) in [6.45, 7) is 4.75. The van der Waals surface area contributed by atoms with Crippen molar-refractivity contribution in [1.29, 1.82) is 0 Å². The molecule has 276 valence electrons. The molecule has 1 aliphatic rings. The Morgan fingerprint density at radius 1 is 0.305 bits per heavy atom. The fourth-order valence-corrected chi connectivity index (χ4v) is 10.4. The fraction of sp³-hybridized carbons (Fsp3) is 0.0526. The lowest BCUT2D eigenvalue weighted by atomic mass is 9.80. The zero-order valence-corrected chi connectivity index (χ0v) is 32.6. The van der Waals surface area contributed by atoms with Crippen molar-refractivity contribution >= 4 is 76.2 Å². The minimum Gasteiger partial charge on any atom is -0.456 e. The quantitative estimate of drug-likeness (QED) is 0.168. The normalized spacial score (nSPS) is 13.4. The van der Waals surface area contributed by atoms with Gasteiger partial charge in [-0.15, -0.1) is 0 Å². The molecule has 59 heavy (non-hydrogen) atoms. The zero-order valence-electron chi connectivity index (χ0n) is 32.6. The highest BCUT2D eigenvalue weighted by atomic mass is 16.3. The van der Waals surface area contributed by atoms with E-state index in [0.29, 0.717) is 0 Å². The van der Waals surface area contributed by atoms with Gasteiger partial charge in [-0.2, -0.15) is 0 Å². The molecule has 2 heterocycles. The van der Waals surface area contributed by atoms with Gasteiger partial charge < -0.3 is 8.83 Å². The summed E-state index contributed by atoms with van der Waals surface area (Å²) in [7, 11) is 0. The van der Waals surface area contributed by atoms with Crippen molar-refractivity contribution in [3.63, 3.8) is 0 Å². The van der Waals surface area contributed by atoms with Gasteiger partial charge in [-0.3, -0.25) is 0 Å². The predicted molar refractivity (Wildman–Crippen MR) is 247 cm³/mol. The van der Waals surface area contributed by atoms with Crippen molar-refractivity contribution in [2.24, 2.45) is 0 Å². The largest absolute Gasteiger partial charge is 0.456 e. The van der Waals surface area contributed by atoms with Gasteiger partial charge in [-0.1, -0.05) is 153 Å². The van der Waals surface area contributed by atoms with E-state index in [1.54, 1.807) is 0 Å². The maximum atomic E-state index is 6.51. The van der Waals surface area contributed by atoms with Crippen LogP contribution in [0.25, 0.3) is 121 Å². The molecular formula is C57H36O2. The Morgan fingerprint density at radius 2 is 0.864 bits per heavy atom. The first kappa shape index (κ1) is 32.6. The maximum absolute atomic E-state index is 6.51. The van der Waals surface area contributed by atoms with Crippen LogP contribution >= 0.6 is 0 Å². The summed E-state index contributed by atoms with van der Waals surface area (Å²) in [5.74, 6) is 0. The summed E-state index contributed by atoms with van der Waals surface area (Å²) in [5, 5.41) is 12.1. The number of fused-ring (bicyclic) bond motifs is 12. The first-order valence-corrected chi connectivity index (χ1v) is 20.5. The molecule has 0 N–H and O–H groups in total. The van der Waals surface area contributed by atoms with Gasteiger partial charge in [-0.05, 0) is 124 Å². The molecule has 0 aliphatic heterocycles. The van der Waals surface area contributed by atoms with Crippen LogP contribution in [0.5, 0.6) is 0 Å². The zero-order chi connectivity index (χ0) is 39.0. The lowest BCUT2D eigenvalue weighted by molar-refractivity contribution is 0.656. The lowest BCUT2D eigenvalue weighted by Crippen LogP contribution is -2.15. The highest BCUT2D eigenvalue weighted by Gasteiger charge is 2.36. The number of hydrogen-bond acceptors (Lipinski definition) is 2. The van der Waals surface area contributed by atoms with Gasteiger partial charge in [0.25, 0.3) is 0 Å². The van der Waals surface area contributed by atoms with Crippen molar-refractivity contribution in [3.05, 3.63) is 193 Å². The number of furan rings is 2. The standard InChI is InChI=1S/C57H36O2/c1-57(2)49-27-24-34(35-22-26-40-48-31-47-39-15-9-10-21-51(39)58-53(47)32-54(48)59-52(40)30-35)28-46(49)38-25-23-36(29-50(38)57)55-42-16-5-7-18-44(42)56(45-19-8-6-17-43(45)55)41-20-11-13-33-12-3-4-14-37(33)41/h3-32H,1-2H3. The van der Waals surface area contributed by atoms with E-state index >= 15 is 0 Å². The summed E-state index contributed by atoms with van der Waals surface area (Å²) in [4.78, 5) is 0. The van der Waals surface area contributed by atoms with E-state index in [1.165, 1.54) is 82.4 Å². The molecule has 0 saturated heterocycles. The van der Waals surface area contributed by atoms with Crippen LogP contribution in [0, 0.1) is 0 Å². The van der Waals surface area contributed by atoms with Crippen molar-refractivity contribution in [2.75, 3.05) is 0 Å². The fourth-order valence-electron chi connectivity index (χ4n) is 10.4. The van der Waals surface area contributed by atoms with E-state index in [9.17, 15) is 0 Å². The van der Waals surface area contributed by atoms with Crippen molar-refractivity contribution in [3.8, 4) is 44.5 Å². The third-order valence-corrected chi connectivity index (χ3v) is 13.3. The molecule has 2 aromatic heterocycles. The Bertz CT molecular complexity index is 3700. The van der Waals surface area contributed by atoms with E-state index in [-0.39, 0.29) is 5.41 Å². The predicted octanol–water partition coefficient (Wildman–Crippen LogP) is 16.3. The van der Waals surface area contributed by atoms with E-state index in [2.05, 4.69) is 178 Å². The second kappa shape index (κ2) is 11.8. The van der Waals surface area contributed by atoms with Crippen LogP contribution in [-0.2, 0) is 5.41 Å². The molecule has 2 nitrogen and oxygen atoms in total. The summed E-state index contributed by atoms with van der Waals surface area (Å²) >= 11 is 0. The molecule has 0 saturated carbocycles. The van der Waals surface area contributed by atoms with Crippen molar-refractivity contribution in [1.82, 2.24) is 0 Å².